The monoisotopic (exact) mass is 294 g/mol. The Morgan fingerprint density at radius 3 is 2.86 bits per heavy atom. The molecule has 1 heterocycles. The zero-order chi connectivity index (χ0) is 15.6. The van der Waals surface area contributed by atoms with Crippen LogP contribution >= 0.6 is 0 Å². The molecule has 0 bridgehead atoms. The van der Waals surface area contributed by atoms with Gasteiger partial charge in [-0.2, -0.15) is 0 Å². The minimum absolute atomic E-state index is 0.0823. The average Bonchev–Trinajstić information content (AvgIpc) is 2.84. The van der Waals surface area contributed by atoms with Crippen LogP contribution < -0.4 is 11.1 Å². The Bertz CT molecular complexity index is 554. The number of carbonyl (C=O) groups is 1. The highest BCUT2D eigenvalue weighted by Crippen LogP contribution is 2.33. The van der Waals surface area contributed by atoms with E-state index in [1.54, 1.807) is 7.05 Å². The Morgan fingerprint density at radius 2 is 2.33 bits per heavy atom. The molecular formula is C14H22N4O3. The second-order valence-corrected chi connectivity index (χ2v) is 5.91. The van der Waals surface area contributed by atoms with Crippen LogP contribution in [0, 0.1) is 16.0 Å². The minimum Gasteiger partial charge on any atom is -0.344 e. The number of aryl methyl sites for hydroxylation is 1. The van der Waals surface area contributed by atoms with Crippen LogP contribution in [0.3, 0.4) is 0 Å². The summed E-state index contributed by atoms with van der Waals surface area (Å²) in [5.74, 6) is 0.000235. The minimum atomic E-state index is -0.501. The maximum atomic E-state index is 12.5. The van der Waals surface area contributed by atoms with E-state index in [2.05, 4.69) is 12.2 Å². The Balaban J connectivity index is 2.22. The summed E-state index contributed by atoms with van der Waals surface area (Å²) in [5, 5.41) is 13.8. The van der Waals surface area contributed by atoms with Crippen LogP contribution in [0.5, 0.6) is 0 Å². The molecule has 2 rings (SSSR count). The summed E-state index contributed by atoms with van der Waals surface area (Å²) in [6.45, 7) is 2.48. The lowest BCUT2D eigenvalue weighted by Gasteiger charge is -2.42. The van der Waals surface area contributed by atoms with Gasteiger partial charge in [0, 0.05) is 19.7 Å². The number of hydrogen-bond acceptors (Lipinski definition) is 4. The van der Waals surface area contributed by atoms with E-state index in [1.165, 1.54) is 16.8 Å². The number of nitrogens with two attached hydrogens (primary N) is 1. The van der Waals surface area contributed by atoms with E-state index in [9.17, 15) is 14.9 Å². The van der Waals surface area contributed by atoms with Gasteiger partial charge in [-0.05, 0) is 18.8 Å². The van der Waals surface area contributed by atoms with Gasteiger partial charge in [0.05, 0.1) is 16.7 Å². The summed E-state index contributed by atoms with van der Waals surface area (Å²) < 4.78 is 1.48. The second-order valence-electron chi connectivity index (χ2n) is 5.91. The van der Waals surface area contributed by atoms with Gasteiger partial charge in [-0.15, -0.1) is 0 Å². The summed E-state index contributed by atoms with van der Waals surface area (Å²) in [7, 11) is 1.63. The third-order valence-corrected chi connectivity index (χ3v) is 4.61. The average molecular weight is 294 g/mol. The Labute approximate surface area is 123 Å². The fourth-order valence-electron chi connectivity index (χ4n) is 3.12. The van der Waals surface area contributed by atoms with Crippen molar-refractivity contribution in [3.05, 3.63) is 28.1 Å². The third-order valence-electron chi connectivity index (χ3n) is 4.61. The first-order valence-corrected chi connectivity index (χ1v) is 7.23. The standard InChI is InChI=1S/C14H22N4O3/c1-10-5-3-4-6-14(10,9-15)16-13(19)12-7-11(18(20)21)8-17(12)2/h7-8,10H,3-6,9,15H2,1-2H3,(H,16,19). The van der Waals surface area contributed by atoms with E-state index in [0.717, 1.165) is 25.7 Å². The molecule has 3 N–H and O–H groups in total. The van der Waals surface area contributed by atoms with Gasteiger partial charge in [0.2, 0.25) is 0 Å². The van der Waals surface area contributed by atoms with E-state index >= 15 is 0 Å². The normalized spacial score (nSPS) is 25.6. The van der Waals surface area contributed by atoms with Crippen molar-refractivity contribution in [3.8, 4) is 0 Å². The van der Waals surface area contributed by atoms with Gasteiger partial charge in [-0.25, -0.2) is 0 Å². The summed E-state index contributed by atoms with van der Waals surface area (Å²) in [6, 6.07) is 1.30. The molecule has 1 aliphatic carbocycles. The Morgan fingerprint density at radius 1 is 1.62 bits per heavy atom. The maximum Gasteiger partial charge on any atom is 0.287 e. The van der Waals surface area contributed by atoms with Crippen LogP contribution in [0.2, 0.25) is 0 Å². The van der Waals surface area contributed by atoms with E-state index in [1.807, 2.05) is 0 Å². The molecule has 2 unspecified atom stereocenters. The van der Waals surface area contributed by atoms with Crippen molar-refractivity contribution >= 4 is 11.6 Å². The molecule has 1 saturated carbocycles. The fourth-order valence-corrected chi connectivity index (χ4v) is 3.12. The van der Waals surface area contributed by atoms with E-state index in [0.29, 0.717) is 12.5 Å². The molecule has 1 aromatic rings. The van der Waals surface area contributed by atoms with Crippen LogP contribution in [0.4, 0.5) is 5.69 Å². The molecule has 0 saturated heterocycles. The molecule has 0 aromatic carbocycles. The SMILES string of the molecule is CC1CCCCC1(CN)NC(=O)c1cc([N+](=O)[O-])cn1C. The number of carbonyl (C=O) groups excluding carboxylic acids is 1. The van der Waals surface area contributed by atoms with Crippen molar-refractivity contribution in [1.82, 2.24) is 9.88 Å². The quantitative estimate of drug-likeness (QED) is 0.649. The van der Waals surface area contributed by atoms with Gasteiger partial charge in [0.25, 0.3) is 11.6 Å². The van der Waals surface area contributed by atoms with Crippen molar-refractivity contribution in [2.75, 3.05) is 6.54 Å². The second kappa shape index (κ2) is 5.85. The van der Waals surface area contributed by atoms with Gasteiger partial charge in [-0.3, -0.25) is 14.9 Å². The van der Waals surface area contributed by atoms with Gasteiger partial charge in [0.15, 0.2) is 0 Å². The van der Waals surface area contributed by atoms with Gasteiger partial charge >= 0.3 is 0 Å². The fraction of sp³-hybridized carbons (Fsp3) is 0.643. The van der Waals surface area contributed by atoms with Crippen LogP contribution in [-0.4, -0.2) is 27.5 Å². The number of nitrogens with one attached hydrogen (secondary N) is 1. The zero-order valence-corrected chi connectivity index (χ0v) is 12.5. The van der Waals surface area contributed by atoms with Crippen molar-refractivity contribution in [3.63, 3.8) is 0 Å². The Kier molecular flexibility index (Phi) is 4.32. The number of amides is 1. The molecular weight excluding hydrogens is 272 g/mol. The summed E-state index contributed by atoms with van der Waals surface area (Å²) in [5.41, 5.74) is 5.71. The van der Waals surface area contributed by atoms with Crippen LogP contribution in [0.25, 0.3) is 0 Å². The van der Waals surface area contributed by atoms with Gasteiger partial charge < -0.3 is 15.6 Å². The lowest BCUT2D eigenvalue weighted by atomic mass is 9.73. The highest BCUT2D eigenvalue weighted by atomic mass is 16.6. The van der Waals surface area contributed by atoms with Crippen molar-refractivity contribution in [2.24, 2.45) is 18.7 Å². The van der Waals surface area contributed by atoms with E-state index in [4.69, 9.17) is 5.73 Å². The molecule has 0 spiro atoms. The maximum absolute atomic E-state index is 12.5. The molecule has 0 radical (unpaired) electrons. The lowest BCUT2D eigenvalue weighted by Crippen LogP contribution is -2.59. The summed E-state index contributed by atoms with van der Waals surface area (Å²) in [6.07, 6.45) is 5.41. The van der Waals surface area contributed by atoms with E-state index < -0.39 is 10.5 Å². The number of aromatic nitrogens is 1. The molecule has 116 valence electrons. The van der Waals surface area contributed by atoms with E-state index in [-0.39, 0.29) is 17.3 Å². The Hall–Kier alpha value is -1.89. The zero-order valence-electron chi connectivity index (χ0n) is 12.5. The molecule has 1 amide bonds. The smallest absolute Gasteiger partial charge is 0.287 e. The first kappa shape index (κ1) is 15.5. The molecule has 1 aliphatic rings. The van der Waals surface area contributed by atoms with Crippen molar-refractivity contribution in [1.29, 1.82) is 0 Å². The van der Waals surface area contributed by atoms with Crippen molar-refractivity contribution in [2.45, 2.75) is 38.1 Å². The molecule has 1 fully saturated rings. The summed E-state index contributed by atoms with van der Waals surface area (Å²) in [4.78, 5) is 22.8. The number of nitro groups is 1. The van der Waals surface area contributed by atoms with Crippen LogP contribution in [0.1, 0.15) is 43.1 Å². The molecule has 7 nitrogen and oxygen atoms in total. The lowest BCUT2D eigenvalue weighted by molar-refractivity contribution is -0.384. The van der Waals surface area contributed by atoms with Crippen molar-refractivity contribution < 1.29 is 9.72 Å². The first-order chi connectivity index (χ1) is 9.89. The number of nitrogens with zero attached hydrogens (tertiary/aromatic N) is 2. The van der Waals surface area contributed by atoms with Gasteiger partial charge in [-0.1, -0.05) is 19.8 Å². The topological polar surface area (TPSA) is 103 Å². The molecule has 21 heavy (non-hydrogen) atoms. The molecule has 0 aliphatic heterocycles. The van der Waals surface area contributed by atoms with Crippen LogP contribution in [0.15, 0.2) is 12.3 Å². The molecule has 7 heteroatoms. The predicted octanol–water partition coefficient (Wildman–Crippen LogP) is 1.57. The predicted molar refractivity (Wildman–Crippen MR) is 79.0 cm³/mol. The molecule has 2 atom stereocenters. The third kappa shape index (κ3) is 2.92. The highest BCUT2D eigenvalue weighted by molar-refractivity contribution is 5.94. The van der Waals surface area contributed by atoms with Gasteiger partial charge in [0.1, 0.15) is 5.69 Å². The highest BCUT2D eigenvalue weighted by Gasteiger charge is 2.39. The molecule has 1 aromatic heterocycles. The summed E-state index contributed by atoms with van der Waals surface area (Å²) >= 11 is 0. The first-order valence-electron chi connectivity index (χ1n) is 7.23. The van der Waals surface area contributed by atoms with Crippen LogP contribution in [-0.2, 0) is 7.05 Å². The number of hydrogen-bond donors (Lipinski definition) is 2. The number of rotatable bonds is 4. The largest absolute Gasteiger partial charge is 0.344 e.